The molecule has 0 saturated carbocycles. The minimum Gasteiger partial charge on any atom is -0.437 e. The molecule has 1 aliphatic heterocycles. The van der Waals surface area contributed by atoms with Crippen molar-refractivity contribution in [1.82, 2.24) is 14.7 Å². The van der Waals surface area contributed by atoms with Crippen molar-refractivity contribution in [2.75, 3.05) is 11.5 Å². The summed E-state index contributed by atoms with van der Waals surface area (Å²) < 4.78 is 30.4. The lowest BCUT2D eigenvalue weighted by Gasteiger charge is -2.12. The van der Waals surface area contributed by atoms with Crippen LogP contribution in [0, 0.1) is 11.3 Å². The van der Waals surface area contributed by atoms with Crippen molar-refractivity contribution in [3.8, 4) is 17.7 Å². The second-order valence-corrected chi connectivity index (χ2v) is 9.98. The summed E-state index contributed by atoms with van der Waals surface area (Å²) in [5.74, 6) is -0.919. The highest BCUT2D eigenvalue weighted by molar-refractivity contribution is 7.91. The molecule has 33 heavy (non-hydrogen) atoms. The largest absolute Gasteiger partial charge is 0.437 e. The summed E-state index contributed by atoms with van der Waals surface area (Å²) in [7, 11) is -3.22. The second-order valence-electron chi connectivity index (χ2n) is 7.34. The molecule has 3 heterocycles. The maximum atomic E-state index is 13.2. The van der Waals surface area contributed by atoms with Gasteiger partial charge in [0, 0.05) is 12.2 Å². The third-order valence-electron chi connectivity index (χ3n) is 5.00. The maximum absolute atomic E-state index is 13.2. The lowest BCUT2D eigenvalue weighted by atomic mass is 10.1. The van der Waals surface area contributed by atoms with Gasteiger partial charge in [0.05, 0.1) is 16.5 Å². The molecule has 0 spiro atoms. The van der Waals surface area contributed by atoms with E-state index in [1.807, 2.05) is 0 Å². The summed E-state index contributed by atoms with van der Waals surface area (Å²) in [4.78, 5) is 30.2. The first kappa shape index (κ1) is 22.5. The Hall–Kier alpha value is -3.68. The van der Waals surface area contributed by atoms with E-state index in [1.54, 1.807) is 48.5 Å². The number of sulfone groups is 1. The van der Waals surface area contributed by atoms with Gasteiger partial charge >= 0.3 is 0 Å². The van der Waals surface area contributed by atoms with E-state index in [4.69, 9.17) is 16.3 Å². The topological polar surface area (TPSA) is 131 Å². The van der Waals surface area contributed by atoms with Crippen LogP contribution in [0.2, 0.25) is 5.02 Å². The second kappa shape index (κ2) is 9.05. The van der Waals surface area contributed by atoms with Crippen LogP contribution in [-0.4, -0.2) is 41.3 Å². The fourth-order valence-corrected chi connectivity index (χ4v) is 5.23. The van der Waals surface area contributed by atoms with Crippen molar-refractivity contribution in [2.45, 2.75) is 12.5 Å². The number of aromatic nitrogens is 2. The quantitative estimate of drug-likeness (QED) is 0.434. The Morgan fingerprint density at radius 3 is 2.73 bits per heavy atom. The van der Waals surface area contributed by atoms with Crippen LogP contribution in [0.4, 0.5) is 0 Å². The zero-order chi connectivity index (χ0) is 23.6. The van der Waals surface area contributed by atoms with E-state index < -0.39 is 32.9 Å². The lowest BCUT2D eigenvalue weighted by molar-refractivity contribution is -0.117. The van der Waals surface area contributed by atoms with Crippen molar-refractivity contribution in [3.05, 3.63) is 75.2 Å². The van der Waals surface area contributed by atoms with Gasteiger partial charge in [0.25, 0.3) is 11.5 Å². The predicted molar refractivity (Wildman–Crippen MR) is 122 cm³/mol. The number of nitriles is 1. The first-order valence-corrected chi connectivity index (χ1v) is 12.0. The van der Waals surface area contributed by atoms with E-state index >= 15 is 0 Å². The number of hydrogen-bond donors (Lipinski definition) is 1. The molecule has 1 atom stereocenters. The predicted octanol–water partition coefficient (Wildman–Crippen LogP) is 2.35. The van der Waals surface area contributed by atoms with Gasteiger partial charge in [-0.05, 0) is 36.8 Å². The van der Waals surface area contributed by atoms with Crippen LogP contribution in [-0.2, 0) is 14.6 Å². The summed E-state index contributed by atoms with van der Waals surface area (Å²) >= 11 is 6.17. The molecule has 0 bridgehead atoms. The van der Waals surface area contributed by atoms with Gasteiger partial charge in [-0.1, -0.05) is 29.8 Å². The van der Waals surface area contributed by atoms with Crippen LogP contribution >= 0.6 is 11.6 Å². The Labute approximate surface area is 193 Å². The van der Waals surface area contributed by atoms with E-state index in [0.29, 0.717) is 5.65 Å². The number of rotatable bonds is 5. The molecule has 4 rings (SSSR count). The number of carbonyl (C=O) groups is 1. The van der Waals surface area contributed by atoms with Crippen molar-refractivity contribution in [2.24, 2.45) is 0 Å². The average Bonchev–Trinajstić information content (AvgIpc) is 3.13. The SMILES string of the molecule is N#C/C(=C\c1c(Oc2ccccc2Cl)nc2ccccn2c1=O)C(=O)N[C@H]1CCS(=O)(=O)C1. The first-order valence-electron chi connectivity index (χ1n) is 9.84. The number of hydrogen-bond acceptors (Lipinski definition) is 7. The molecule has 1 amide bonds. The van der Waals surface area contributed by atoms with Crippen molar-refractivity contribution in [3.63, 3.8) is 0 Å². The van der Waals surface area contributed by atoms with Crippen molar-refractivity contribution < 1.29 is 17.9 Å². The van der Waals surface area contributed by atoms with Crippen molar-refractivity contribution in [1.29, 1.82) is 5.26 Å². The molecule has 2 aromatic heterocycles. The molecule has 0 aliphatic carbocycles. The van der Waals surface area contributed by atoms with E-state index in [0.717, 1.165) is 6.08 Å². The molecule has 9 nitrogen and oxygen atoms in total. The summed E-state index contributed by atoms with van der Waals surface area (Å²) in [6, 6.07) is 12.7. The standard InChI is InChI=1S/C22H17ClN4O5S/c23-17-5-1-2-6-18(17)32-21-16(22(29)27-9-4-3-7-19(27)26-21)11-14(12-24)20(28)25-15-8-10-33(30,31)13-15/h1-7,9,11,15H,8,10,13H2,(H,25,28)/b14-11+/t15-/m0/s1. The van der Waals surface area contributed by atoms with E-state index in [2.05, 4.69) is 10.3 Å². The normalized spacial score (nSPS) is 17.5. The number of pyridine rings is 1. The molecule has 0 unspecified atom stereocenters. The molecule has 1 fully saturated rings. The highest BCUT2D eigenvalue weighted by Gasteiger charge is 2.30. The van der Waals surface area contributed by atoms with Crippen LogP contribution in [0.25, 0.3) is 11.7 Å². The van der Waals surface area contributed by atoms with Crippen LogP contribution < -0.4 is 15.6 Å². The minimum absolute atomic E-state index is 0.0324. The molecule has 168 valence electrons. The molecule has 1 saturated heterocycles. The minimum atomic E-state index is -3.22. The van der Waals surface area contributed by atoms with Gasteiger partial charge < -0.3 is 10.1 Å². The Morgan fingerprint density at radius 2 is 2.03 bits per heavy atom. The Morgan fingerprint density at radius 1 is 1.27 bits per heavy atom. The van der Waals surface area contributed by atoms with Gasteiger partial charge in [-0.3, -0.25) is 14.0 Å². The molecule has 1 aliphatic rings. The Balaban J connectivity index is 1.77. The number of carbonyl (C=O) groups excluding carboxylic acids is 1. The smallest absolute Gasteiger partial charge is 0.269 e. The number of ether oxygens (including phenoxy) is 1. The Kier molecular flexibility index (Phi) is 6.18. The average molecular weight is 485 g/mol. The molecular weight excluding hydrogens is 468 g/mol. The molecule has 1 aromatic carbocycles. The fourth-order valence-electron chi connectivity index (χ4n) is 3.38. The van der Waals surface area contributed by atoms with Gasteiger partial charge in [0.1, 0.15) is 28.6 Å². The summed E-state index contributed by atoms with van der Waals surface area (Å²) in [5, 5.41) is 12.4. The first-order chi connectivity index (χ1) is 15.8. The Bertz CT molecular complexity index is 1490. The van der Waals surface area contributed by atoms with Gasteiger partial charge in [0.2, 0.25) is 5.88 Å². The molecule has 0 radical (unpaired) electrons. The molecule has 11 heteroatoms. The zero-order valence-corrected chi connectivity index (χ0v) is 18.6. The van der Waals surface area contributed by atoms with Crippen LogP contribution in [0.3, 0.4) is 0 Å². The summed E-state index contributed by atoms with van der Waals surface area (Å²) in [6.45, 7) is 0. The molecule has 3 aromatic rings. The highest BCUT2D eigenvalue weighted by atomic mass is 35.5. The number of halogens is 1. The highest BCUT2D eigenvalue weighted by Crippen LogP contribution is 2.30. The summed E-state index contributed by atoms with van der Waals surface area (Å²) in [5.41, 5.74) is -0.796. The van der Waals surface area contributed by atoms with Gasteiger partial charge in [-0.25, -0.2) is 8.42 Å². The zero-order valence-electron chi connectivity index (χ0n) is 17.1. The van der Waals surface area contributed by atoms with E-state index in [-0.39, 0.29) is 40.1 Å². The number of benzene rings is 1. The monoisotopic (exact) mass is 484 g/mol. The van der Waals surface area contributed by atoms with E-state index in [1.165, 1.54) is 10.6 Å². The van der Waals surface area contributed by atoms with Gasteiger partial charge in [-0.2, -0.15) is 10.2 Å². The van der Waals surface area contributed by atoms with Crippen molar-refractivity contribution >= 4 is 39.1 Å². The number of amides is 1. The third kappa shape index (κ3) is 4.89. The maximum Gasteiger partial charge on any atom is 0.269 e. The number of fused-ring (bicyclic) bond motifs is 1. The lowest BCUT2D eigenvalue weighted by Crippen LogP contribution is -2.36. The number of para-hydroxylation sites is 1. The molecular formula is C22H17ClN4O5S. The van der Waals surface area contributed by atoms with Crippen LogP contribution in [0.5, 0.6) is 11.6 Å². The van der Waals surface area contributed by atoms with Crippen LogP contribution in [0.1, 0.15) is 12.0 Å². The molecule has 1 N–H and O–H groups in total. The number of nitrogens with one attached hydrogen (secondary N) is 1. The van der Waals surface area contributed by atoms with E-state index in [9.17, 15) is 23.3 Å². The summed E-state index contributed by atoms with van der Waals surface area (Å²) in [6.07, 6.45) is 2.84. The van der Waals surface area contributed by atoms with Crippen LogP contribution in [0.15, 0.2) is 59.0 Å². The number of nitrogens with zero attached hydrogens (tertiary/aromatic N) is 3. The van der Waals surface area contributed by atoms with Gasteiger partial charge in [0.15, 0.2) is 9.84 Å². The fraction of sp³-hybridized carbons (Fsp3) is 0.182. The van der Waals surface area contributed by atoms with Gasteiger partial charge in [-0.15, -0.1) is 0 Å². The third-order valence-corrected chi connectivity index (χ3v) is 7.08.